The van der Waals surface area contributed by atoms with Crippen molar-refractivity contribution in [3.8, 4) is 51.5 Å². The minimum atomic E-state index is -1.12. The lowest BCUT2D eigenvalue weighted by atomic mass is 9.71. The predicted octanol–water partition coefficient (Wildman–Crippen LogP) is 9.91. The fraction of sp³-hybridized carbons (Fsp3) is 0.227. The van der Waals surface area contributed by atoms with Gasteiger partial charge < -0.3 is 23.7 Å². The van der Waals surface area contributed by atoms with Crippen LogP contribution in [0.15, 0.2) is 97.1 Å². The predicted molar refractivity (Wildman–Crippen MR) is 201 cm³/mol. The zero-order valence-electron chi connectivity index (χ0n) is 30.0. The molecule has 1 atom stereocenters. The highest BCUT2D eigenvalue weighted by Crippen LogP contribution is 2.61. The highest BCUT2D eigenvalue weighted by Gasteiger charge is 2.47. The number of rotatable bonds is 9. The van der Waals surface area contributed by atoms with E-state index >= 15 is 0 Å². The number of hydrogen-bond donors (Lipinski definition) is 0. The molecule has 52 heavy (non-hydrogen) atoms. The molecule has 1 aliphatic heterocycles. The average Bonchev–Trinajstić information content (AvgIpc) is 3.51. The molecule has 262 valence electrons. The van der Waals surface area contributed by atoms with Gasteiger partial charge >= 0.3 is 0 Å². The first-order valence-electron chi connectivity index (χ1n) is 17.4. The van der Waals surface area contributed by atoms with E-state index in [0.29, 0.717) is 29.1 Å². The van der Waals surface area contributed by atoms with Gasteiger partial charge in [-0.15, -0.1) is 0 Å². The Labute approximate surface area is 302 Å². The number of ether oxygens (including phenoxy) is 5. The minimum Gasteiger partial charge on any atom is -0.493 e. The normalized spacial score (nSPS) is 16.4. The molecule has 2 aliphatic rings. The number of halogens is 1. The monoisotopic (exact) mass is 694 g/mol. The molecule has 0 spiro atoms. The summed E-state index contributed by atoms with van der Waals surface area (Å²) >= 11 is 0. The van der Waals surface area contributed by atoms with E-state index in [1.807, 2.05) is 30.3 Å². The second kappa shape index (κ2) is 12.7. The van der Waals surface area contributed by atoms with Gasteiger partial charge in [0.15, 0.2) is 22.9 Å². The van der Waals surface area contributed by atoms with Gasteiger partial charge in [-0.05, 0) is 70.8 Å². The third-order valence-electron chi connectivity index (χ3n) is 10.9. The molecule has 6 aromatic rings. The fourth-order valence-corrected chi connectivity index (χ4v) is 8.26. The Morgan fingerprint density at radius 2 is 1.29 bits per heavy atom. The van der Waals surface area contributed by atoms with Gasteiger partial charge in [-0.3, -0.25) is 0 Å². The van der Waals surface area contributed by atoms with E-state index in [2.05, 4.69) is 66.3 Å². The van der Waals surface area contributed by atoms with Gasteiger partial charge in [-0.2, -0.15) is 9.97 Å². The van der Waals surface area contributed by atoms with Crippen molar-refractivity contribution >= 4 is 16.8 Å². The van der Waals surface area contributed by atoms with Crippen LogP contribution in [-0.4, -0.2) is 38.4 Å². The Kier molecular flexibility index (Phi) is 8.13. The molecule has 1 aromatic heterocycles. The first-order chi connectivity index (χ1) is 25.3. The zero-order chi connectivity index (χ0) is 36.2. The van der Waals surface area contributed by atoms with Gasteiger partial charge in [0.1, 0.15) is 11.6 Å². The van der Waals surface area contributed by atoms with Crippen molar-refractivity contribution in [2.75, 3.05) is 28.4 Å². The Morgan fingerprint density at radius 1 is 0.692 bits per heavy atom. The lowest BCUT2D eigenvalue weighted by molar-refractivity contribution is 0.163. The molecule has 0 fully saturated rings. The molecular weight excluding hydrogens is 655 g/mol. The van der Waals surface area contributed by atoms with E-state index in [9.17, 15) is 4.39 Å². The first kappa shape index (κ1) is 33.3. The molecule has 0 amide bonds. The summed E-state index contributed by atoms with van der Waals surface area (Å²) in [5, 5.41) is 1.92. The molecule has 1 aliphatic carbocycles. The molecule has 0 radical (unpaired) electrons. The van der Waals surface area contributed by atoms with Crippen molar-refractivity contribution < 1.29 is 28.1 Å². The molecule has 5 aromatic carbocycles. The van der Waals surface area contributed by atoms with Gasteiger partial charge in [-0.1, -0.05) is 80.6 Å². The molecule has 0 saturated carbocycles. The lowest BCUT2D eigenvalue weighted by Gasteiger charge is -2.39. The summed E-state index contributed by atoms with van der Waals surface area (Å²) in [6.07, 6.45) is 6.13. The van der Waals surface area contributed by atoms with E-state index in [-0.39, 0.29) is 11.2 Å². The molecule has 7 nitrogen and oxygen atoms in total. The van der Waals surface area contributed by atoms with Crippen LogP contribution in [0.3, 0.4) is 0 Å². The van der Waals surface area contributed by atoms with Gasteiger partial charge in [-0.25, -0.2) is 4.39 Å². The van der Waals surface area contributed by atoms with Crippen molar-refractivity contribution in [1.82, 2.24) is 9.97 Å². The number of hydrogen-bond acceptors (Lipinski definition) is 7. The standard InChI is InChI=1S/C44H39FN2O5/c1-7-43(8-2)34-12-10-9-11-30(34)39-32-23-35(48-3)36(49-4)24-33(32)41-31(40(39)43)21-22-44(52-41,28-17-19-29(45)20-18-28)27-15-13-26(14-16-27)42-46-37(50-5)25-38(47-42)51-6/h9-25H,7-8H2,1-6H3. The molecular formula is C44H39FN2O5. The first-order valence-corrected chi connectivity index (χ1v) is 17.4. The molecule has 8 rings (SSSR count). The molecule has 0 saturated heterocycles. The van der Waals surface area contributed by atoms with Gasteiger partial charge in [0, 0.05) is 33.1 Å². The number of nitrogens with zero attached hydrogens (tertiary/aromatic N) is 2. The van der Waals surface area contributed by atoms with Crippen molar-refractivity contribution in [3.63, 3.8) is 0 Å². The molecule has 1 unspecified atom stereocenters. The van der Waals surface area contributed by atoms with Gasteiger partial charge in [0.25, 0.3) is 0 Å². The number of benzene rings is 5. The highest BCUT2D eigenvalue weighted by atomic mass is 19.1. The lowest BCUT2D eigenvalue weighted by Crippen LogP contribution is -2.35. The largest absolute Gasteiger partial charge is 0.493 e. The highest BCUT2D eigenvalue weighted by molar-refractivity contribution is 6.09. The fourth-order valence-electron chi connectivity index (χ4n) is 8.26. The van der Waals surface area contributed by atoms with Crippen molar-refractivity contribution in [3.05, 3.63) is 131 Å². The van der Waals surface area contributed by atoms with Crippen LogP contribution < -0.4 is 23.7 Å². The summed E-state index contributed by atoms with van der Waals surface area (Å²) in [7, 11) is 6.42. The Bertz CT molecular complexity index is 2350. The summed E-state index contributed by atoms with van der Waals surface area (Å²) in [6, 6.07) is 28.9. The summed E-state index contributed by atoms with van der Waals surface area (Å²) < 4.78 is 44.5. The maximum atomic E-state index is 14.5. The number of methoxy groups -OCH3 is 4. The quantitative estimate of drug-likeness (QED) is 0.149. The van der Waals surface area contributed by atoms with Gasteiger partial charge in [0.05, 0.1) is 34.5 Å². The van der Waals surface area contributed by atoms with Crippen LogP contribution in [0.2, 0.25) is 0 Å². The van der Waals surface area contributed by atoms with E-state index in [0.717, 1.165) is 51.6 Å². The Hall–Kier alpha value is -5.89. The minimum absolute atomic E-state index is 0.236. The van der Waals surface area contributed by atoms with Crippen LogP contribution in [0.5, 0.6) is 29.0 Å². The second-order valence-electron chi connectivity index (χ2n) is 13.1. The number of fused-ring (bicyclic) bond motifs is 8. The van der Waals surface area contributed by atoms with Crippen LogP contribution in [0.1, 0.15) is 54.5 Å². The second-order valence-corrected chi connectivity index (χ2v) is 13.1. The van der Waals surface area contributed by atoms with Crippen molar-refractivity contribution in [2.24, 2.45) is 0 Å². The van der Waals surface area contributed by atoms with Crippen LogP contribution in [0.25, 0.3) is 39.4 Å². The van der Waals surface area contributed by atoms with Gasteiger partial charge in [0.2, 0.25) is 11.8 Å². The topological polar surface area (TPSA) is 71.9 Å². The van der Waals surface area contributed by atoms with Crippen LogP contribution in [-0.2, 0) is 11.0 Å². The molecule has 0 bridgehead atoms. The third-order valence-corrected chi connectivity index (χ3v) is 10.9. The maximum Gasteiger partial charge on any atom is 0.220 e. The van der Waals surface area contributed by atoms with E-state index in [4.69, 9.17) is 23.7 Å². The summed E-state index contributed by atoms with van der Waals surface area (Å²) in [5.41, 5.74) is 7.03. The molecule has 8 heteroatoms. The summed E-state index contributed by atoms with van der Waals surface area (Å²) in [4.78, 5) is 9.10. The molecule has 0 N–H and O–H groups in total. The van der Waals surface area contributed by atoms with E-state index < -0.39 is 5.60 Å². The SMILES string of the molecule is CCC1(CC)c2ccccc2-c2c1c1c(c3cc(OC)c(OC)cc23)OC(c2ccc(F)cc2)(c2ccc(-c3nc(OC)cc(OC)n3)cc2)C=C1. The van der Waals surface area contributed by atoms with Crippen LogP contribution in [0.4, 0.5) is 4.39 Å². The van der Waals surface area contributed by atoms with Crippen LogP contribution >= 0.6 is 0 Å². The van der Waals surface area contributed by atoms with Crippen molar-refractivity contribution in [2.45, 2.75) is 37.7 Å². The van der Waals surface area contributed by atoms with E-state index in [1.165, 1.54) is 34.4 Å². The maximum absolute atomic E-state index is 14.5. The third kappa shape index (κ3) is 4.84. The average molecular weight is 695 g/mol. The zero-order valence-corrected chi connectivity index (χ0v) is 30.0. The Balaban J connectivity index is 1.40. The molecule has 2 heterocycles. The number of aromatic nitrogens is 2. The van der Waals surface area contributed by atoms with Crippen molar-refractivity contribution in [1.29, 1.82) is 0 Å². The van der Waals surface area contributed by atoms with Crippen LogP contribution in [0, 0.1) is 5.82 Å². The smallest absolute Gasteiger partial charge is 0.220 e. The Morgan fingerprint density at radius 3 is 1.88 bits per heavy atom. The summed E-state index contributed by atoms with van der Waals surface area (Å²) in [5.74, 6) is 2.90. The summed E-state index contributed by atoms with van der Waals surface area (Å²) in [6.45, 7) is 4.53. The van der Waals surface area contributed by atoms with E-state index in [1.54, 1.807) is 46.6 Å².